The van der Waals surface area contributed by atoms with Crippen molar-refractivity contribution in [3.8, 4) is 22.6 Å². The van der Waals surface area contributed by atoms with Gasteiger partial charge < -0.3 is 10.2 Å². The van der Waals surface area contributed by atoms with Crippen molar-refractivity contribution in [3.05, 3.63) is 71.8 Å². The molecule has 0 spiro atoms. The van der Waals surface area contributed by atoms with E-state index in [2.05, 4.69) is 37.1 Å². The fourth-order valence-corrected chi connectivity index (χ4v) is 4.02. The van der Waals surface area contributed by atoms with Crippen LogP contribution in [0.2, 0.25) is 0 Å². The molecule has 0 atom stereocenters. The van der Waals surface area contributed by atoms with E-state index < -0.39 is 0 Å². The number of nitrogens with zero attached hydrogens (tertiary/aromatic N) is 1. The number of rotatable bonds is 8. The summed E-state index contributed by atoms with van der Waals surface area (Å²) in [6.45, 7) is 12.6. The second-order valence-electron chi connectivity index (χ2n) is 7.62. The van der Waals surface area contributed by atoms with E-state index >= 15 is 0 Å². The molecule has 0 unspecified atom stereocenters. The van der Waals surface area contributed by atoms with Crippen LogP contribution in [0.4, 0.5) is 0 Å². The molecule has 0 bridgehead atoms. The molecular formula is C25H31NO2. The van der Waals surface area contributed by atoms with Gasteiger partial charge in [0.1, 0.15) is 11.5 Å². The first-order chi connectivity index (χ1) is 13.6. The van der Waals surface area contributed by atoms with Gasteiger partial charge in [-0.05, 0) is 85.6 Å². The molecule has 1 heterocycles. The van der Waals surface area contributed by atoms with Gasteiger partial charge in [-0.15, -0.1) is 13.2 Å². The number of hydrogen-bond acceptors (Lipinski definition) is 3. The highest BCUT2D eigenvalue weighted by atomic mass is 16.3. The number of hydrogen-bond donors (Lipinski definition) is 2. The Morgan fingerprint density at radius 2 is 1.50 bits per heavy atom. The Labute approximate surface area is 168 Å². The SMILES string of the molecule is C=CCc1cc(-c2cc(CC)cc(CC=C)c2O)cc(CN2CCCC2)c1O. The van der Waals surface area contributed by atoms with Crippen LogP contribution < -0.4 is 0 Å². The van der Waals surface area contributed by atoms with Crippen LogP contribution in [-0.4, -0.2) is 28.2 Å². The van der Waals surface area contributed by atoms with Gasteiger partial charge in [0.2, 0.25) is 0 Å². The third kappa shape index (κ3) is 4.31. The molecule has 2 aromatic rings. The largest absolute Gasteiger partial charge is 0.507 e. The molecule has 1 aliphatic heterocycles. The number of allylic oxidation sites excluding steroid dienone is 2. The Hall–Kier alpha value is -2.52. The Kier molecular flexibility index (Phi) is 6.58. The fraction of sp³-hybridized carbons (Fsp3) is 0.360. The number of phenols is 2. The summed E-state index contributed by atoms with van der Waals surface area (Å²) >= 11 is 0. The third-order valence-electron chi connectivity index (χ3n) is 5.56. The quantitative estimate of drug-likeness (QED) is 0.607. The predicted octanol–water partition coefficient (Wildman–Crippen LogP) is 5.38. The lowest BCUT2D eigenvalue weighted by atomic mass is 9.92. The summed E-state index contributed by atoms with van der Waals surface area (Å²) in [5.41, 5.74) is 5.62. The maximum atomic E-state index is 10.9. The summed E-state index contributed by atoms with van der Waals surface area (Å²) < 4.78 is 0. The Bertz CT molecular complexity index is 863. The van der Waals surface area contributed by atoms with Crippen LogP contribution in [0.25, 0.3) is 11.1 Å². The van der Waals surface area contributed by atoms with Gasteiger partial charge in [0.05, 0.1) is 0 Å². The van der Waals surface area contributed by atoms with Crippen LogP contribution >= 0.6 is 0 Å². The van der Waals surface area contributed by atoms with Gasteiger partial charge >= 0.3 is 0 Å². The van der Waals surface area contributed by atoms with E-state index in [-0.39, 0.29) is 0 Å². The summed E-state index contributed by atoms with van der Waals surface area (Å²) in [6, 6.07) is 8.13. The van der Waals surface area contributed by atoms with E-state index in [1.54, 1.807) is 0 Å². The van der Waals surface area contributed by atoms with Crippen molar-refractivity contribution in [1.82, 2.24) is 4.90 Å². The number of aromatic hydroxyl groups is 2. The summed E-state index contributed by atoms with van der Waals surface area (Å²) in [7, 11) is 0. The molecule has 148 valence electrons. The van der Waals surface area contributed by atoms with Gasteiger partial charge in [-0.2, -0.15) is 0 Å². The van der Waals surface area contributed by atoms with Crippen LogP contribution in [-0.2, 0) is 25.8 Å². The lowest BCUT2D eigenvalue weighted by molar-refractivity contribution is 0.323. The molecule has 1 fully saturated rings. The minimum Gasteiger partial charge on any atom is -0.507 e. The van der Waals surface area contributed by atoms with Crippen molar-refractivity contribution in [3.63, 3.8) is 0 Å². The zero-order chi connectivity index (χ0) is 20.1. The summed E-state index contributed by atoms with van der Waals surface area (Å²) in [6.07, 6.45) is 8.18. The molecule has 3 rings (SSSR count). The first kappa shape index (κ1) is 20.2. The van der Waals surface area contributed by atoms with Crippen LogP contribution in [0.1, 0.15) is 42.0 Å². The fourth-order valence-electron chi connectivity index (χ4n) is 4.02. The topological polar surface area (TPSA) is 43.7 Å². The molecule has 1 saturated heterocycles. The van der Waals surface area contributed by atoms with Gasteiger partial charge in [0.15, 0.2) is 0 Å². The highest BCUT2D eigenvalue weighted by Crippen LogP contribution is 2.38. The average Bonchev–Trinajstić information content (AvgIpc) is 3.20. The number of benzene rings is 2. The number of phenolic OH excluding ortho intramolecular Hbond substituents is 2. The molecule has 0 radical (unpaired) electrons. The highest BCUT2D eigenvalue weighted by Gasteiger charge is 2.18. The molecule has 0 aromatic heterocycles. The average molecular weight is 378 g/mol. The van der Waals surface area contributed by atoms with Crippen LogP contribution in [0.15, 0.2) is 49.6 Å². The summed E-state index contributed by atoms with van der Waals surface area (Å²) in [5, 5.41) is 21.7. The van der Waals surface area contributed by atoms with Gasteiger partial charge in [-0.3, -0.25) is 4.90 Å². The third-order valence-corrected chi connectivity index (χ3v) is 5.56. The maximum absolute atomic E-state index is 10.9. The van der Waals surface area contributed by atoms with Crippen molar-refractivity contribution < 1.29 is 10.2 Å². The van der Waals surface area contributed by atoms with Gasteiger partial charge in [-0.1, -0.05) is 25.1 Å². The van der Waals surface area contributed by atoms with E-state index in [9.17, 15) is 10.2 Å². The monoisotopic (exact) mass is 377 g/mol. The lowest BCUT2D eigenvalue weighted by Gasteiger charge is -2.19. The molecule has 0 saturated carbocycles. The van der Waals surface area contributed by atoms with Gasteiger partial charge in [0, 0.05) is 17.7 Å². The van der Waals surface area contributed by atoms with E-state index in [4.69, 9.17) is 0 Å². The molecule has 1 aliphatic rings. The van der Waals surface area contributed by atoms with Crippen molar-refractivity contribution in [2.45, 2.75) is 45.6 Å². The Balaban J connectivity index is 2.12. The molecule has 2 N–H and O–H groups in total. The van der Waals surface area contributed by atoms with Gasteiger partial charge in [0.25, 0.3) is 0 Å². The number of aryl methyl sites for hydroxylation is 1. The first-order valence-electron chi connectivity index (χ1n) is 10.2. The molecular weight excluding hydrogens is 346 g/mol. The predicted molar refractivity (Wildman–Crippen MR) is 117 cm³/mol. The van der Waals surface area contributed by atoms with Crippen molar-refractivity contribution in [1.29, 1.82) is 0 Å². The van der Waals surface area contributed by atoms with Crippen molar-refractivity contribution in [2.75, 3.05) is 13.1 Å². The summed E-state index contributed by atoms with van der Waals surface area (Å²) in [4.78, 5) is 2.38. The van der Waals surface area contributed by atoms with E-state index in [0.717, 1.165) is 53.9 Å². The number of likely N-dealkylation sites (tertiary alicyclic amines) is 1. The zero-order valence-corrected chi connectivity index (χ0v) is 16.9. The van der Waals surface area contributed by atoms with Gasteiger partial charge in [-0.25, -0.2) is 0 Å². The molecule has 3 nitrogen and oxygen atoms in total. The zero-order valence-electron chi connectivity index (χ0n) is 16.9. The standard InChI is InChI=1S/C25H31NO2/c1-4-9-19-13-18(6-3)14-23(25(19)28)21-15-20(10-5-2)24(27)22(16-21)17-26-11-7-8-12-26/h4-5,13-16,27-28H,1-2,6-12,17H2,3H3. The van der Waals surface area contributed by atoms with E-state index in [1.807, 2.05) is 24.3 Å². The Morgan fingerprint density at radius 1 is 0.893 bits per heavy atom. The smallest absolute Gasteiger partial charge is 0.126 e. The maximum Gasteiger partial charge on any atom is 0.126 e. The van der Waals surface area contributed by atoms with Crippen LogP contribution in [0.5, 0.6) is 11.5 Å². The molecule has 3 heteroatoms. The second kappa shape index (κ2) is 9.11. The molecule has 0 amide bonds. The van der Waals surface area contributed by atoms with Crippen molar-refractivity contribution in [2.24, 2.45) is 0 Å². The Morgan fingerprint density at radius 3 is 2.11 bits per heavy atom. The summed E-state index contributed by atoms with van der Waals surface area (Å²) in [5.74, 6) is 0.660. The second-order valence-corrected chi connectivity index (χ2v) is 7.62. The minimum absolute atomic E-state index is 0.305. The van der Waals surface area contributed by atoms with E-state index in [0.29, 0.717) is 24.3 Å². The normalized spacial score (nSPS) is 14.3. The molecule has 28 heavy (non-hydrogen) atoms. The molecule has 2 aromatic carbocycles. The molecule has 0 aliphatic carbocycles. The van der Waals surface area contributed by atoms with Crippen molar-refractivity contribution >= 4 is 0 Å². The van der Waals surface area contributed by atoms with Crippen LogP contribution in [0, 0.1) is 0 Å². The van der Waals surface area contributed by atoms with E-state index in [1.165, 1.54) is 18.4 Å². The first-order valence-corrected chi connectivity index (χ1v) is 10.2. The highest BCUT2D eigenvalue weighted by molar-refractivity contribution is 5.75. The minimum atomic E-state index is 0.305. The van der Waals surface area contributed by atoms with Crippen LogP contribution in [0.3, 0.4) is 0 Å². The lowest BCUT2D eigenvalue weighted by Crippen LogP contribution is -2.18.